The SMILES string of the molecule is Cc1ccc(C(CNC(=O)Nc2cn[nH]c2C)N(C)C)cc1. The summed E-state index contributed by atoms with van der Waals surface area (Å²) >= 11 is 0. The second-order valence-corrected chi connectivity index (χ2v) is 5.63. The van der Waals surface area contributed by atoms with Gasteiger partial charge in [0, 0.05) is 6.54 Å². The first kappa shape index (κ1) is 16.0. The van der Waals surface area contributed by atoms with Crippen molar-refractivity contribution in [3.05, 3.63) is 47.3 Å². The Hall–Kier alpha value is -2.34. The van der Waals surface area contributed by atoms with E-state index < -0.39 is 0 Å². The predicted molar refractivity (Wildman–Crippen MR) is 88.0 cm³/mol. The standard InChI is InChI=1S/C16H23N5O/c1-11-5-7-13(8-6-11)15(21(3)4)10-17-16(22)19-14-9-18-20-12(14)2/h5-9,15H,10H2,1-4H3,(H,18,20)(H2,17,19,22). The molecule has 6 heteroatoms. The third-order valence-corrected chi connectivity index (χ3v) is 3.62. The van der Waals surface area contributed by atoms with Gasteiger partial charge in [-0.3, -0.25) is 5.10 Å². The molecular formula is C16H23N5O. The molecule has 0 bridgehead atoms. The number of nitrogens with one attached hydrogen (secondary N) is 3. The fraction of sp³-hybridized carbons (Fsp3) is 0.375. The van der Waals surface area contributed by atoms with Crippen LogP contribution >= 0.6 is 0 Å². The third kappa shape index (κ3) is 4.08. The number of carbonyl (C=O) groups excluding carboxylic acids is 1. The zero-order chi connectivity index (χ0) is 16.1. The van der Waals surface area contributed by atoms with E-state index in [1.807, 2.05) is 21.0 Å². The molecule has 6 nitrogen and oxygen atoms in total. The minimum absolute atomic E-state index is 0.122. The highest BCUT2D eigenvalue weighted by molar-refractivity contribution is 5.89. The zero-order valence-corrected chi connectivity index (χ0v) is 13.5. The number of amides is 2. The van der Waals surface area contributed by atoms with Crippen molar-refractivity contribution < 1.29 is 4.79 Å². The highest BCUT2D eigenvalue weighted by Crippen LogP contribution is 2.18. The van der Waals surface area contributed by atoms with E-state index in [-0.39, 0.29) is 12.1 Å². The normalized spacial score (nSPS) is 12.2. The molecule has 0 aliphatic heterocycles. The van der Waals surface area contributed by atoms with Gasteiger partial charge in [0.15, 0.2) is 0 Å². The number of aryl methyl sites for hydroxylation is 2. The lowest BCUT2D eigenvalue weighted by molar-refractivity contribution is 0.243. The van der Waals surface area contributed by atoms with Crippen molar-refractivity contribution in [2.45, 2.75) is 19.9 Å². The van der Waals surface area contributed by atoms with Crippen molar-refractivity contribution in [3.8, 4) is 0 Å². The Morgan fingerprint density at radius 3 is 2.50 bits per heavy atom. The molecule has 0 fully saturated rings. The second kappa shape index (κ2) is 7.09. The van der Waals surface area contributed by atoms with Crippen LogP contribution in [-0.4, -0.2) is 41.8 Å². The van der Waals surface area contributed by atoms with Crippen molar-refractivity contribution in [2.75, 3.05) is 26.0 Å². The lowest BCUT2D eigenvalue weighted by atomic mass is 10.0. The Bertz CT molecular complexity index is 618. The lowest BCUT2D eigenvalue weighted by Gasteiger charge is -2.25. The maximum absolute atomic E-state index is 12.0. The fourth-order valence-electron chi connectivity index (χ4n) is 2.22. The van der Waals surface area contributed by atoms with Gasteiger partial charge >= 0.3 is 6.03 Å². The number of carbonyl (C=O) groups is 1. The van der Waals surface area contributed by atoms with E-state index in [1.165, 1.54) is 11.1 Å². The molecule has 2 rings (SSSR count). The number of hydrogen-bond donors (Lipinski definition) is 3. The first-order valence-electron chi connectivity index (χ1n) is 7.25. The number of hydrogen-bond acceptors (Lipinski definition) is 3. The molecule has 0 saturated carbocycles. The fourth-order valence-corrected chi connectivity index (χ4v) is 2.22. The molecule has 2 aromatic rings. The Labute approximate surface area is 130 Å². The summed E-state index contributed by atoms with van der Waals surface area (Å²) in [6.07, 6.45) is 1.60. The topological polar surface area (TPSA) is 73.0 Å². The summed E-state index contributed by atoms with van der Waals surface area (Å²) in [6.45, 7) is 4.45. The number of H-pyrrole nitrogens is 1. The Morgan fingerprint density at radius 1 is 1.27 bits per heavy atom. The van der Waals surface area contributed by atoms with Crippen LogP contribution in [0.5, 0.6) is 0 Å². The molecule has 2 amide bonds. The maximum atomic E-state index is 12.0. The Balaban J connectivity index is 1.96. The molecule has 1 aromatic carbocycles. The maximum Gasteiger partial charge on any atom is 0.319 e. The van der Waals surface area contributed by atoms with Crippen LogP contribution in [0.4, 0.5) is 10.5 Å². The van der Waals surface area contributed by atoms with E-state index >= 15 is 0 Å². The molecule has 0 aliphatic rings. The van der Waals surface area contributed by atoms with Crippen LogP contribution in [0.2, 0.25) is 0 Å². The molecule has 0 aliphatic carbocycles. The number of likely N-dealkylation sites (N-methyl/N-ethyl adjacent to an activating group) is 1. The molecule has 22 heavy (non-hydrogen) atoms. The lowest BCUT2D eigenvalue weighted by Crippen LogP contribution is -2.36. The molecule has 0 spiro atoms. The molecule has 1 unspecified atom stereocenters. The van der Waals surface area contributed by atoms with Gasteiger partial charge in [0.25, 0.3) is 0 Å². The number of nitrogens with zero attached hydrogens (tertiary/aromatic N) is 2. The number of aromatic nitrogens is 2. The number of aromatic amines is 1. The highest BCUT2D eigenvalue weighted by atomic mass is 16.2. The monoisotopic (exact) mass is 301 g/mol. The second-order valence-electron chi connectivity index (χ2n) is 5.63. The third-order valence-electron chi connectivity index (χ3n) is 3.62. The van der Waals surface area contributed by atoms with E-state index in [4.69, 9.17) is 0 Å². The first-order valence-corrected chi connectivity index (χ1v) is 7.25. The van der Waals surface area contributed by atoms with Gasteiger partial charge in [-0.25, -0.2) is 4.79 Å². The summed E-state index contributed by atoms with van der Waals surface area (Å²) in [5.41, 5.74) is 3.92. The summed E-state index contributed by atoms with van der Waals surface area (Å²) in [6, 6.07) is 8.25. The number of rotatable bonds is 5. The largest absolute Gasteiger partial charge is 0.336 e. The number of anilines is 1. The minimum atomic E-state index is -0.233. The van der Waals surface area contributed by atoms with Gasteiger partial charge in [0.1, 0.15) is 0 Å². The van der Waals surface area contributed by atoms with Crippen molar-refractivity contribution in [3.63, 3.8) is 0 Å². The molecule has 0 radical (unpaired) electrons. The van der Waals surface area contributed by atoms with E-state index in [2.05, 4.69) is 56.9 Å². The van der Waals surface area contributed by atoms with Crippen LogP contribution in [0.3, 0.4) is 0 Å². The quantitative estimate of drug-likeness (QED) is 0.794. The zero-order valence-electron chi connectivity index (χ0n) is 13.5. The van der Waals surface area contributed by atoms with Gasteiger partial charge in [-0.1, -0.05) is 29.8 Å². The molecule has 118 valence electrons. The van der Waals surface area contributed by atoms with Gasteiger partial charge in [-0.15, -0.1) is 0 Å². The summed E-state index contributed by atoms with van der Waals surface area (Å²) < 4.78 is 0. The number of benzene rings is 1. The van der Waals surface area contributed by atoms with Crippen molar-refractivity contribution in [1.82, 2.24) is 20.4 Å². The van der Waals surface area contributed by atoms with Gasteiger partial charge < -0.3 is 15.5 Å². The van der Waals surface area contributed by atoms with Gasteiger partial charge in [-0.2, -0.15) is 5.10 Å². The highest BCUT2D eigenvalue weighted by Gasteiger charge is 2.15. The Kier molecular flexibility index (Phi) is 5.16. The summed E-state index contributed by atoms with van der Waals surface area (Å²) in [4.78, 5) is 14.1. The van der Waals surface area contributed by atoms with E-state index in [9.17, 15) is 4.79 Å². The first-order chi connectivity index (χ1) is 10.5. The summed E-state index contributed by atoms with van der Waals surface area (Å²) in [7, 11) is 4.01. The minimum Gasteiger partial charge on any atom is -0.336 e. The molecule has 1 heterocycles. The van der Waals surface area contributed by atoms with E-state index in [1.54, 1.807) is 6.20 Å². The van der Waals surface area contributed by atoms with Crippen LogP contribution in [-0.2, 0) is 0 Å². The van der Waals surface area contributed by atoms with Crippen LogP contribution < -0.4 is 10.6 Å². The average Bonchev–Trinajstić information content (AvgIpc) is 2.86. The van der Waals surface area contributed by atoms with Crippen molar-refractivity contribution >= 4 is 11.7 Å². The summed E-state index contributed by atoms with van der Waals surface area (Å²) in [5, 5.41) is 12.4. The van der Waals surface area contributed by atoms with E-state index in [0.717, 1.165) is 5.69 Å². The van der Waals surface area contributed by atoms with Crippen LogP contribution in [0, 0.1) is 13.8 Å². The molecule has 3 N–H and O–H groups in total. The van der Waals surface area contributed by atoms with Crippen molar-refractivity contribution in [2.24, 2.45) is 0 Å². The molecule has 1 aromatic heterocycles. The average molecular weight is 301 g/mol. The number of urea groups is 1. The van der Waals surface area contributed by atoms with Crippen LogP contribution in [0.15, 0.2) is 30.5 Å². The molecular weight excluding hydrogens is 278 g/mol. The summed E-state index contributed by atoms with van der Waals surface area (Å²) in [5.74, 6) is 0. The van der Waals surface area contributed by atoms with E-state index in [0.29, 0.717) is 12.2 Å². The van der Waals surface area contributed by atoms with Crippen LogP contribution in [0.1, 0.15) is 22.9 Å². The Morgan fingerprint density at radius 2 is 1.95 bits per heavy atom. The predicted octanol–water partition coefficient (Wildman–Crippen LogP) is 2.45. The molecule has 1 atom stereocenters. The molecule has 0 saturated heterocycles. The van der Waals surface area contributed by atoms with Crippen LogP contribution in [0.25, 0.3) is 0 Å². The van der Waals surface area contributed by atoms with Gasteiger partial charge in [-0.05, 0) is 33.5 Å². The van der Waals surface area contributed by atoms with Gasteiger partial charge in [0.2, 0.25) is 0 Å². The smallest absolute Gasteiger partial charge is 0.319 e. The van der Waals surface area contributed by atoms with Gasteiger partial charge in [0.05, 0.1) is 23.6 Å². The van der Waals surface area contributed by atoms with Crippen molar-refractivity contribution in [1.29, 1.82) is 0 Å².